The number of hydrogen-bond acceptors (Lipinski definition) is 7. The Kier molecular flexibility index (Phi) is 4.69. The lowest BCUT2D eigenvalue weighted by Crippen LogP contribution is -2.41. The van der Waals surface area contributed by atoms with Crippen molar-refractivity contribution in [2.45, 2.75) is 45.4 Å². The first-order valence-corrected chi connectivity index (χ1v) is 9.36. The molecule has 144 valence electrons. The molecule has 0 atom stereocenters. The van der Waals surface area contributed by atoms with Gasteiger partial charge in [0.25, 0.3) is 0 Å². The SMILES string of the molecule is CC1(C)OB(c2cnn(Cc3ncc(N4CCOCC4)cn3)c2)OC1(C)C. The molecule has 0 amide bonds. The summed E-state index contributed by atoms with van der Waals surface area (Å²) in [7, 11) is -0.409. The van der Waals surface area contributed by atoms with E-state index < -0.39 is 7.12 Å². The molecule has 2 fully saturated rings. The molecule has 2 aromatic rings. The minimum absolute atomic E-state index is 0.363. The molecule has 0 saturated carbocycles. The first-order chi connectivity index (χ1) is 12.8. The number of hydrogen-bond donors (Lipinski definition) is 0. The van der Waals surface area contributed by atoms with Gasteiger partial charge in [-0.3, -0.25) is 4.68 Å². The Bertz CT molecular complexity index is 771. The zero-order chi connectivity index (χ0) is 19.1. The largest absolute Gasteiger partial charge is 0.498 e. The lowest BCUT2D eigenvalue weighted by atomic mass is 9.82. The fraction of sp³-hybridized carbons (Fsp3) is 0.611. The molecule has 0 aliphatic carbocycles. The van der Waals surface area contributed by atoms with Crippen molar-refractivity contribution in [3.05, 3.63) is 30.6 Å². The Balaban J connectivity index is 1.41. The monoisotopic (exact) mass is 371 g/mol. The Hall–Kier alpha value is -1.97. The molecule has 8 nitrogen and oxygen atoms in total. The Labute approximate surface area is 160 Å². The molecule has 0 aromatic carbocycles. The first kappa shape index (κ1) is 18.4. The molecule has 2 aromatic heterocycles. The third-order valence-electron chi connectivity index (χ3n) is 5.55. The highest BCUT2D eigenvalue weighted by molar-refractivity contribution is 6.61. The number of rotatable bonds is 4. The lowest BCUT2D eigenvalue weighted by Gasteiger charge is -2.32. The standard InChI is InChI=1S/C18H26BN5O3/c1-17(2)18(3,4)27-19(26-17)14-9-22-24(12-14)13-16-20-10-15(11-21-16)23-5-7-25-8-6-23/h9-12H,5-8,13H2,1-4H3. The summed E-state index contributed by atoms with van der Waals surface area (Å²) in [5.41, 5.74) is 1.20. The van der Waals surface area contributed by atoms with E-state index in [-0.39, 0.29) is 11.2 Å². The summed E-state index contributed by atoms with van der Waals surface area (Å²) in [6.07, 6.45) is 7.45. The molecule has 9 heteroatoms. The highest BCUT2D eigenvalue weighted by atomic mass is 16.7. The highest BCUT2D eigenvalue weighted by Gasteiger charge is 2.52. The molecule has 4 heterocycles. The van der Waals surface area contributed by atoms with Gasteiger partial charge in [-0.2, -0.15) is 5.10 Å². The maximum absolute atomic E-state index is 6.07. The van der Waals surface area contributed by atoms with Gasteiger partial charge in [0.1, 0.15) is 12.4 Å². The molecule has 0 spiro atoms. The van der Waals surface area contributed by atoms with Crippen molar-refractivity contribution < 1.29 is 14.0 Å². The van der Waals surface area contributed by atoms with E-state index in [0.717, 1.165) is 43.3 Å². The van der Waals surface area contributed by atoms with Crippen LogP contribution in [0.4, 0.5) is 5.69 Å². The second-order valence-electron chi connectivity index (χ2n) is 8.02. The van der Waals surface area contributed by atoms with Crippen molar-refractivity contribution in [2.24, 2.45) is 0 Å². The predicted octanol–water partition coefficient (Wildman–Crippen LogP) is 0.857. The fourth-order valence-corrected chi connectivity index (χ4v) is 3.13. The maximum atomic E-state index is 6.07. The highest BCUT2D eigenvalue weighted by Crippen LogP contribution is 2.36. The molecule has 0 N–H and O–H groups in total. The van der Waals surface area contributed by atoms with Crippen LogP contribution >= 0.6 is 0 Å². The summed E-state index contributed by atoms with van der Waals surface area (Å²) in [6.45, 7) is 11.9. The summed E-state index contributed by atoms with van der Waals surface area (Å²) < 4.78 is 19.3. The van der Waals surface area contributed by atoms with Crippen molar-refractivity contribution in [3.8, 4) is 0 Å². The molecule has 27 heavy (non-hydrogen) atoms. The zero-order valence-electron chi connectivity index (χ0n) is 16.4. The quantitative estimate of drug-likeness (QED) is 0.738. The molecule has 2 aliphatic rings. The molecule has 2 saturated heterocycles. The molecule has 0 radical (unpaired) electrons. The Morgan fingerprint density at radius 1 is 1.00 bits per heavy atom. The van der Waals surface area contributed by atoms with Crippen molar-refractivity contribution in [3.63, 3.8) is 0 Å². The summed E-state index contributed by atoms with van der Waals surface area (Å²) in [4.78, 5) is 11.2. The molecule has 0 unspecified atom stereocenters. The number of aromatic nitrogens is 4. The molecule has 4 rings (SSSR count). The van der Waals surface area contributed by atoms with E-state index in [2.05, 4.69) is 20.0 Å². The van der Waals surface area contributed by atoms with Gasteiger partial charge in [-0.25, -0.2) is 9.97 Å². The van der Waals surface area contributed by atoms with E-state index in [1.807, 2.05) is 51.0 Å². The minimum Gasteiger partial charge on any atom is -0.399 e. The topological polar surface area (TPSA) is 74.5 Å². The number of ether oxygens (including phenoxy) is 1. The average molecular weight is 371 g/mol. The van der Waals surface area contributed by atoms with Crippen molar-refractivity contribution >= 4 is 18.3 Å². The van der Waals surface area contributed by atoms with E-state index in [4.69, 9.17) is 14.0 Å². The van der Waals surface area contributed by atoms with Crippen LogP contribution in [-0.2, 0) is 20.6 Å². The van der Waals surface area contributed by atoms with Gasteiger partial charge in [-0.1, -0.05) is 0 Å². The van der Waals surface area contributed by atoms with Gasteiger partial charge in [0, 0.05) is 30.9 Å². The van der Waals surface area contributed by atoms with Crippen LogP contribution in [0.3, 0.4) is 0 Å². The van der Waals surface area contributed by atoms with E-state index >= 15 is 0 Å². The summed E-state index contributed by atoms with van der Waals surface area (Å²) in [5, 5.41) is 4.41. The van der Waals surface area contributed by atoms with Crippen molar-refractivity contribution in [1.29, 1.82) is 0 Å². The van der Waals surface area contributed by atoms with Crippen molar-refractivity contribution in [1.82, 2.24) is 19.7 Å². The van der Waals surface area contributed by atoms with Gasteiger partial charge >= 0.3 is 7.12 Å². The third-order valence-corrected chi connectivity index (χ3v) is 5.55. The predicted molar refractivity (Wildman–Crippen MR) is 102 cm³/mol. The van der Waals surface area contributed by atoms with E-state index in [9.17, 15) is 0 Å². The Morgan fingerprint density at radius 3 is 2.26 bits per heavy atom. The van der Waals surface area contributed by atoms with Crippen LogP contribution in [0.25, 0.3) is 0 Å². The van der Waals surface area contributed by atoms with Crippen LogP contribution in [0, 0.1) is 0 Å². The van der Waals surface area contributed by atoms with Crippen LogP contribution in [0.2, 0.25) is 0 Å². The second kappa shape index (κ2) is 6.89. The van der Waals surface area contributed by atoms with Crippen LogP contribution in [0.15, 0.2) is 24.8 Å². The van der Waals surface area contributed by atoms with Crippen LogP contribution in [0.5, 0.6) is 0 Å². The van der Waals surface area contributed by atoms with Gasteiger partial charge in [0.15, 0.2) is 0 Å². The van der Waals surface area contributed by atoms with Gasteiger partial charge in [-0.15, -0.1) is 0 Å². The van der Waals surface area contributed by atoms with Crippen LogP contribution in [-0.4, -0.2) is 64.4 Å². The number of morpholine rings is 1. The van der Waals surface area contributed by atoms with Crippen LogP contribution < -0.4 is 10.4 Å². The van der Waals surface area contributed by atoms with E-state index in [1.165, 1.54) is 0 Å². The molecular weight excluding hydrogens is 345 g/mol. The second-order valence-corrected chi connectivity index (χ2v) is 8.02. The molecule has 2 aliphatic heterocycles. The zero-order valence-corrected chi connectivity index (χ0v) is 16.4. The van der Waals surface area contributed by atoms with Gasteiger partial charge in [0.2, 0.25) is 0 Å². The van der Waals surface area contributed by atoms with Gasteiger partial charge in [-0.05, 0) is 27.7 Å². The van der Waals surface area contributed by atoms with E-state index in [0.29, 0.717) is 6.54 Å². The number of nitrogens with zero attached hydrogens (tertiary/aromatic N) is 5. The fourth-order valence-electron chi connectivity index (χ4n) is 3.13. The Morgan fingerprint density at radius 2 is 1.63 bits per heavy atom. The first-order valence-electron chi connectivity index (χ1n) is 9.36. The minimum atomic E-state index is -0.409. The van der Waals surface area contributed by atoms with Gasteiger partial charge < -0.3 is 18.9 Å². The lowest BCUT2D eigenvalue weighted by molar-refractivity contribution is 0.00578. The summed E-state index contributed by atoms with van der Waals surface area (Å²) in [5.74, 6) is 0.718. The molecular formula is C18H26BN5O3. The maximum Gasteiger partial charge on any atom is 0.498 e. The number of anilines is 1. The summed E-state index contributed by atoms with van der Waals surface area (Å²) in [6, 6.07) is 0. The normalized spacial score (nSPS) is 21.6. The summed E-state index contributed by atoms with van der Waals surface area (Å²) >= 11 is 0. The van der Waals surface area contributed by atoms with E-state index in [1.54, 1.807) is 6.20 Å². The smallest absolute Gasteiger partial charge is 0.399 e. The third kappa shape index (κ3) is 3.72. The van der Waals surface area contributed by atoms with Gasteiger partial charge in [0.05, 0.1) is 42.5 Å². The molecule has 0 bridgehead atoms. The average Bonchev–Trinajstić information content (AvgIpc) is 3.18. The van der Waals surface area contributed by atoms with Crippen LogP contribution in [0.1, 0.15) is 33.5 Å². The van der Waals surface area contributed by atoms with Crippen molar-refractivity contribution in [2.75, 3.05) is 31.2 Å².